The lowest BCUT2D eigenvalue weighted by Gasteiger charge is -2.24. The molecule has 122 valence electrons. The third kappa shape index (κ3) is 2.63. The molecule has 4 rings (SSSR count). The fourth-order valence-electron chi connectivity index (χ4n) is 3.36. The minimum absolute atomic E-state index is 0.120. The van der Waals surface area contributed by atoms with Crippen LogP contribution in [0.15, 0.2) is 42.5 Å². The SMILES string of the molecule is Cc1cccc(C2CCCN2c2nc3ccc([N+](=O)[O-])cc3s2)c1. The molecule has 1 atom stereocenters. The summed E-state index contributed by atoms with van der Waals surface area (Å²) in [7, 11) is 0. The Morgan fingerprint density at radius 2 is 2.17 bits per heavy atom. The van der Waals surface area contributed by atoms with Crippen molar-refractivity contribution < 1.29 is 4.92 Å². The first-order valence-electron chi connectivity index (χ1n) is 8.00. The van der Waals surface area contributed by atoms with E-state index in [0.29, 0.717) is 6.04 Å². The smallest absolute Gasteiger partial charge is 0.270 e. The zero-order chi connectivity index (χ0) is 16.7. The van der Waals surface area contributed by atoms with Crippen molar-refractivity contribution in [1.82, 2.24) is 4.98 Å². The number of rotatable bonds is 3. The molecule has 1 aliphatic rings. The van der Waals surface area contributed by atoms with E-state index in [1.807, 2.05) is 0 Å². The van der Waals surface area contributed by atoms with Gasteiger partial charge in [-0.05, 0) is 31.4 Å². The molecular weight excluding hydrogens is 322 g/mol. The summed E-state index contributed by atoms with van der Waals surface area (Å²) in [6, 6.07) is 13.8. The van der Waals surface area contributed by atoms with Gasteiger partial charge in [0.05, 0.1) is 21.2 Å². The van der Waals surface area contributed by atoms with Crippen LogP contribution in [0.3, 0.4) is 0 Å². The maximum absolute atomic E-state index is 11.0. The van der Waals surface area contributed by atoms with Gasteiger partial charge in [0.2, 0.25) is 0 Å². The van der Waals surface area contributed by atoms with Gasteiger partial charge in [0.15, 0.2) is 5.13 Å². The third-order valence-electron chi connectivity index (χ3n) is 4.50. The van der Waals surface area contributed by atoms with Crippen molar-refractivity contribution in [1.29, 1.82) is 0 Å². The van der Waals surface area contributed by atoms with E-state index >= 15 is 0 Å². The maximum atomic E-state index is 11.0. The molecule has 1 aromatic heterocycles. The number of nitro groups is 1. The molecular formula is C18H17N3O2S. The normalized spacial score (nSPS) is 17.5. The predicted molar refractivity (Wildman–Crippen MR) is 96.8 cm³/mol. The van der Waals surface area contributed by atoms with Crippen molar-refractivity contribution >= 4 is 32.4 Å². The highest BCUT2D eigenvalue weighted by molar-refractivity contribution is 7.22. The van der Waals surface area contributed by atoms with Crippen LogP contribution in [-0.2, 0) is 0 Å². The minimum atomic E-state index is -0.357. The Morgan fingerprint density at radius 3 is 2.96 bits per heavy atom. The van der Waals surface area contributed by atoms with Crippen LogP contribution >= 0.6 is 11.3 Å². The van der Waals surface area contributed by atoms with Crippen molar-refractivity contribution in [2.45, 2.75) is 25.8 Å². The lowest BCUT2D eigenvalue weighted by molar-refractivity contribution is -0.384. The quantitative estimate of drug-likeness (QED) is 0.505. The van der Waals surface area contributed by atoms with Gasteiger partial charge in [0.1, 0.15) is 0 Å². The summed E-state index contributed by atoms with van der Waals surface area (Å²) in [5.74, 6) is 0. The highest BCUT2D eigenvalue weighted by Crippen LogP contribution is 2.40. The molecule has 1 fully saturated rings. The molecule has 2 aromatic carbocycles. The van der Waals surface area contributed by atoms with E-state index < -0.39 is 0 Å². The second-order valence-electron chi connectivity index (χ2n) is 6.17. The standard InChI is InChI=1S/C18H17N3O2S/c1-12-4-2-5-13(10-12)16-6-3-9-20(16)18-19-15-8-7-14(21(22)23)11-17(15)24-18/h2,4-5,7-8,10-11,16H,3,6,9H2,1H3. The third-order valence-corrected chi connectivity index (χ3v) is 5.55. The monoisotopic (exact) mass is 339 g/mol. The summed E-state index contributed by atoms with van der Waals surface area (Å²) in [5.41, 5.74) is 3.53. The number of non-ortho nitro benzene ring substituents is 1. The van der Waals surface area contributed by atoms with Gasteiger partial charge in [-0.25, -0.2) is 4.98 Å². The number of nitro benzene ring substituents is 1. The lowest BCUT2D eigenvalue weighted by atomic mass is 10.0. The van der Waals surface area contributed by atoms with Gasteiger partial charge in [-0.3, -0.25) is 10.1 Å². The van der Waals surface area contributed by atoms with Crippen LogP contribution in [0.4, 0.5) is 10.8 Å². The lowest BCUT2D eigenvalue weighted by Crippen LogP contribution is -2.22. The van der Waals surface area contributed by atoms with Crippen LogP contribution < -0.4 is 4.90 Å². The molecule has 3 aromatic rings. The number of benzene rings is 2. The summed E-state index contributed by atoms with van der Waals surface area (Å²) in [6.45, 7) is 3.08. The van der Waals surface area contributed by atoms with Gasteiger partial charge in [-0.1, -0.05) is 41.2 Å². The average molecular weight is 339 g/mol. The van der Waals surface area contributed by atoms with Crippen LogP contribution in [0.2, 0.25) is 0 Å². The zero-order valence-corrected chi connectivity index (χ0v) is 14.1. The van der Waals surface area contributed by atoms with E-state index in [1.165, 1.54) is 28.5 Å². The topological polar surface area (TPSA) is 59.3 Å². The number of hydrogen-bond donors (Lipinski definition) is 0. The van der Waals surface area contributed by atoms with Crippen molar-refractivity contribution in [3.05, 3.63) is 63.7 Å². The van der Waals surface area contributed by atoms with Crippen molar-refractivity contribution in [2.24, 2.45) is 0 Å². The van der Waals surface area contributed by atoms with Crippen LogP contribution in [-0.4, -0.2) is 16.5 Å². The highest BCUT2D eigenvalue weighted by atomic mass is 32.1. The first-order chi connectivity index (χ1) is 11.6. The summed E-state index contributed by atoms with van der Waals surface area (Å²) in [5, 5.41) is 11.9. The molecule has 1 aliphatic heterocycles. The predicted octanol–water partition coefficient (Wildman–Crippen LogP) is 4.85. The molecule has 0 aliphatic carbocycles. The first kappa shape index (κ1) is 15.1. The number of nitrogens with zero attached hydrogens (tertiary/aromatic N) is 3. The number of aryl methyl sites for hydroxylation is 1. The maximum Gasteiger partial charge on any atom is 0.270 e. The van der Waals surface area contributed by atoms with E-state index in [-0.39, 0.29) is 10.6 Å². The molecule has 1 unspecified atom stereocenters. The van der Waals surface area contributed by atoms with Crippen LogP contribution in [0.25, 0.3) is 10.2 Å². The van der Waals surface area contributed by atoms with E-state index in [0.717, 1.165) is 34.7 Å². The van der Waals surface area contributed by atoms with Crippen LogP contribution in [0, 0.1) is 17.0 Å². The zero-order valence-electron chi connectivity index (χ0n) is 13.3. The summed E-state index contributed by atoms with van der Waals surface area (Å²) in [4.78, 5) is 17.7. The fraction of sp³-hybridized carbons (Fsp3) is 0.278. The summed E-state index contributed by atoms with van der Waals surface area (Å²) < 4.78 is 0.870. The van der Waals surface area contributed by atoms with Crippen molar-refractivity contribution in [2.75, 3.05) is 11.4 Å². The minimum Gasteiger partial charge on any atom is -0.341 e. The number of aromatic nitrogens is 1. The molecule has 2 heterocycles. The molecule has 6 heteroatoms. The molecule has 5 nitrogen and oxygen atoms in total. The molecule has 0 spiro atoms. The largest absolute Gasteiger partial charge is 0.341 e. The van der Waals surface area contributed by atoms with E-state index in [9.17, 15) is 10.1 Å². The van der Waals surface area contributed by atoms with E-state index in [2.05, 4.69) is 36.1 Å². The Morgan fingerprint density at radius 1 is 1.29 bits per heavy atom. The molecule has 0 N–H and O–H groups in total. The van der Waals surface area contributed by atoms with Gasteiger partial charge in [0.25, 0.3) is 5.69 Å². The molecule has 0 radical (unpaired) electrons. The second kappa shape index (κ2) is 5.87. The Labute approximate surface area is 143 Å². The molecule has 0 saturated carbocycles. The first-order valence-corrected chi connectivity index (χ1v) is 8.82. The van der Waals surface area contributed by atoms with E-state index in [1.54, 1.807) is 12.1 Å². The van der Waals surface area contributed by atoms with Gasteiger partial charge in [-0.2, -0.15) is 0 Å². The molecule has 1 saturated heterocycles. The Kier molecular flexibility index (Phi) is 3.69. The number of fused-ring (bicyclic) bond motifs is 1. The molecule has 0 bridgehead atoms. The molecule has 24 heavy (non-hydrogen) atoms. The molecule has 0 amide bonds. The van der Waals surface area contributed by atoms with Gasteiger partial charge in [0, 0.05) is 18.7 Å². The van der Waals surface area contributed by atoms with Gasteiger partial charge < -0.3 is 4.90 Å². The number of thiazole rings is 1. The van der Waals surface area contributed by atoms with Crippen molar-refractivity contribution in [3.63, 3.8) is 0 Å². The van der Waals surface area contributed by atoms with Gasteiger partial charge in [-0.15, -0.1) is 0 Å². The van der Waals surface area contributed by atoms with Gasteiger partial charge >= 0.3 is 0 Å². The van der Waals surface area contributed by atoms with Crippen LogP contribution in [0.5, 0.6) is 0 Å². The fourth-order valence-corrected chi connectivity index (χ4v) is 4.43. The van der Waals surface area contributed by atoms with Crippen LogP contribution in [0.1, 0.15) is 30.0 Å². The summed E-state index contributed by atoms with van der Waals surface area (Å²) in [6.07, 6.45) is 2.24. The number of hydrogen-bond acceptors (Lipinski definition) is 5. The van der Waals surface area contributed by atoms with Crippen molar-refractivity contribution in [3.8, 4) is 0 Å². The Bertz CT molecular complexity index is 922. The van der Waals surface area contributed by atoms with E-state index in [4.69, 9.17) is 4.98 Å². The average Bonchev–Trinajstić information content (AvgIpc) is 3.20. The Balaban J connectivity index is 1.71. The second-order valence-corrected chi connectivity index (χ2v) is 7.18. The highest BCUT2D eigenvalue weighted by Gasteiger charge is 2.28. The number of anilines is 1. The summed E-state index contributed by atoms with van der Waals surface area (Å²) >= 11 is 1.54. The Hall–Kier alpha value is -2.47.